The largest absolute Gasteiger partial charge is 0.507 e. The van der Waals surface area contributed by atoms with Crippen molar-refractivity contribution in [1.82, 2.24) is 0 Å². The number of nitrogens with zero attached hydrogens (tertiary/aromatic N) is 1. The number of aromatic hydroxyl groups is 1. The van der Waals surface area contributed by atoms with Crippen LogP contribution in [0, 0.1) is 11.3 Å². The predicted molar refractivity (Wildman–Crippen MR) is 87.8 cm³/mol. The molecule has 0 aliphatic heterocycles. The van der Waals surface area contributed by atoms with Crippen LogP contribution in [0.4, 0.5) is 0 Å². The van der Waals surface area contributed by atoms with Gasteiger partial charge in [0.1, 0.15) is 11.8 Å². The number of hydrogen-bond donors (Lipinski definition) is 1. The lowest BCUT2D eigenvalue weighted by Gasteiger charge is -2.12. The Kier molecular flexibility index (Phi) is 5.11. The standard InChI is InChI=1S/C18H17NO4/c1-21-16-9-13(10-17(22-2)18(16)23-3)5-4-12-6-7-14(11-19)15(20)8-12/h4-10,20H,1-3H3/b5-4-. The van der Waals surface area contributed by atoms with E-state index in [4.69, 9.17) is 19.5 Å². The van der Waals surface area contributed by atoms with Gasteiger partial charge >= 0.3 is 0 Å². The summed E-state index contributed by atoms with van der Waals surface area (Å²) in [6, 6.07) is 10.4. The molecule has 5 nitrogen and oxygen atoms in total. The van der Waals surface area contributed by atoms with Crippen LogP contribution < -0.4 is 14.2 Å². The van der Waals surface area contributed by atoms with E-state index in [1.54, 1.807) is 33.5 Å². The first-order chi connectivity index (χ1) is 11.1. The molecule has 0 aliphatic rings. The molecule has 2 aromatic carbocycles. The monoisotopic (exact) mass is 311 g/mol. The first kappa shape index (κ1) is 16.2. The number of benzene rings is 2. The molecule has 23 heavy (non-hydrogen) atoms. The molecule has 0 radical (unpaired) electrons. The minimum Gasteiger partial charge on any atom is -0.507 e. The Hall–Kier alpha value is -3.13. The van der Waals surface area contributed by atoms with Gasteiger partial charge < -0.3 is 19.3 Å². The van der Waals surface area contributed by atoms with E-state index >= 15 is 0 Å². The number of rotatable bonds is 5. The first-order valence-electron chi connectivity index (χ1n) is 6.84. The Morgan fingerprint density at radius 3 is 2.00 bits per heavy atom. The van der Waals surface area contributed by atoms with Gasteiger partial charge in [-0.2, -0.15) is 5.26 Å². The van der Waals surface area contributed by atoms with Crippen molar-refractivity contribution in [3.05, 3.63) is 47.0 Å². The third kappa shape index (κ3) is 3.55. The van der Waals surface area contributed by atoms with Gasteiger partial charge in [-0.15, -0.1) is 0 Å². The van der Waals surface area contributed by atoms with E-state index in [1.807, 2.05) is 30.4 Å². The summed E-state index contributed by atoms with van der Waals surface area (Å²) in [5.74, 6) is 1.62. The number of methoxy groups -OCH3 is 3. The Balaban J connectivity index is 2.36. The summed E-state index contributed by atoms with van der Waals surface area (Å²) in [4.78, 5) is 0. The predicted octanol–water partition coefficient (Wildman–Crippen LogP) is 3.46. The lowest BCUT2D eigenvalue weighted by atomic mass is 10.1. The first-order valence-corrected chi connectivity index (χ1v) is 6.84. The topological polar surface area (TPSA) is 71.7 Å². The van der Waals surface area contributed by atoms with Crippen molar-refractivity contribution < 1.29 is 19.3 Å². The molecule has 0 fully saturated rings. The molecule has 1 N–H and O–H groups in total. The van der Waals surface area contributed by atoms with Gasteiger partial charge in [0.25, 0.3) is 0 Å². The van der Waals surface area contributed by atoms with Gasteiger partial charge in [0, 0.05) is 0 Å². The SMILES string of the molecule is COc1cc(/C=C\c2ccc(C#N)c(O)c2)cc(OC)c1OC. The zero-order chi connectivity index (χ0) is 16.8. The molecule has 0 unspecified atom stereocenters. The van der Waals surface area contributed by atoms with Gasteiger partial charge in [0.15, 0.2) is 11.5 Å². The highest BCUT2D eigenvalue weighted by molar-refractivity contribution is 5.73. The Bertz CT molecular complexity index is 750. The van der Waals surface area contributed by atoms with Crippen molar-refractivity contribution >= 4 is 12.2 Å². The van der Waals surface area contributed by atoms with E-state index in [0.717, 1.165) is 11.1 Å². The highest BCUT2D eigenvalue weighted by atomic mass is 16.5. The number of phenolic OH excluding ortho intramolecular Hbond substituents is 1. The van der Waals surface area contributed by atoms with Gasteiger partial charge in [-0.3, -0.25) is 0 Å². The summed E-state index contributed by atoms with van der Waals surface area (Å²) in [5.41, 5.74) is 1.87. The van der Waals surface area contributed by atoms with E-state index in [1.165, 1.54) is 6.07 Å². The van der Waals surface area contributed by atoms with Crippen LogP contribution in [0.25, 0.3) is 12.2 Å². The van der Waals surface area contributed by atoms with Crippen LogP contribution in [0.3, 0.4) is 0 Å². The Labute approximate surface area is 135 Å². The summed E-state index contributed by atoms with van der Waals surface area (Å²) in [6.07, 6.45) is 3.67. The highest BCUT2D eigenvalue weighted by Gasteiger charge is 2.12. The molecular weight excluding hydrogens is 294 g/mol. The smallest absolute Gasteiger partial charge is 0.203 e. The number of nitriles is 1. The van der Waals surface area contributed by atoms with Crippen molar-refractivity contribution in [1.29, 1.82) is 5.26 Å². The van der Waals surface area contributed by atoms with E-state index < -0.39 is 0 Å². The van der Waals surface area contributed by atoms with E-state index in [2.05, 4.69) is 0 Å². The van der Waals surface area contributed by atoms with Crippen LogP contribution in [0.15, 0.2) is 30.3 Å². The Morgan fingerprint density at radius 2 is 1.52 bits per heavy atom. The molecule has 0 atom stereocenters. The molecule has 5 heteroatoms. The van der Waals surface area contributed by atoms with Crippen LogP contribution in [-0.2, 0) is 0 Å². The van der Waals surface area contributed by atoms with Gasteiger partial charge in [-0.1, -0.05) is 18.2 Å². The maximum atomic E-state index is 9.71. The van der Waals surface area contributed by atoms with Gasteiger partial charge in [0.2, 0.25) is 5.75 Å². The molecule has 0 aliphatic carbocycles. The van der Waals surface area contributed by atoms with Gasteiger partial charge in [0.05, 0.1) is 26.9 Å². The zero-order valence-corrected chi connectivity index (χ0v) is 13.2. The van der Waals surface area contributed by atoms with Gasteiger partial charge in [-0.25, -0.2) is 0 Å². The fraction of sp³-hybridized carbons (Fsp3) is 0.167. The fourth-order valence-corrected chi connectivity index (χ4v) is 2.14. The number of hydrogen-bond acceptors (Lipinski definition) is 5. The zero-order valence-electron chi connectivity index (χ0n) is 13.2. The molecule has 0 amide bonds. The van der Waals surface area contributed by atoms with E-state index in [9.17, 15) is 5.11 Å². The molecule has 0 saturated heterocycles. The average Bonchev–Trinajstić information content (AvgIpc) is 2.58. The van der Waals surface area contributed by atoms with Crippen molar-refractivity contribution in [3.8, 4) is 29.1 Å². The van der Waals surface area contributed by atoms with Crippen LogP contribution in [-0.4, -0.2) is 26.4 Å². The number of ether oxygens (including phenoxy) is 3. The minimum atomic E-state index is -0.0421. The summed E-state index contributed by atoms with van der Waals surface area (Å²) in [7, 11) is 4.67. The molecule has 0 spiro atoms. The Morgan fingerprint density at radius 1 is 0.913 bits per heavy atom. The second-order valence-electron chi connectivity index (χ2n) is 4.68. The van der Waals surface area contributed by atoms with Crippen molar-refractivity contribution in [2.75, 3.05) is 21.3 Å². The van der Waals surface area contributed by atoms with Crippen molar-refractivity contribution in [2.45, 2.75) is 0 Å². The molecule has 0 bridgehead atoms. The second kappa shape index (κ2) is 7.23. The minimum absolute atomic E-state index is 0.0421. The number of phenols is 1. The summed E-state index contributed by atoms with van der Waals surface area (Å²) in [6.45, 7) is 0. The second-order valence-corrected chi connectivity index (χ2v) is 4.68. The highest BCUT2D eigenvalue weighted by Crippen LogP contribution is 2.38. The maximum absolute atomic E-state index is 9.71. The van der Waals surface area contributed by atoms with E-state index in [0.29, 0.717) is 17.2 Å². The van der Waals surface area contributed by atoms with Crippen LogP contribution in [0.1, 0.15) is 16.7 Å². The lowest BCUT2D eigenvalue weighted by Crippen LogP contribution is -1.95. The van der Waals surface area contributed by atoms with Crippen LogP contribution in [0.5, 0.6) is 23.0 Å². The van der Waals surface area contributed by atoms with Crippen LogP contribution in [0.2, 0.25) is 0 Å². The molecular formula is C18H17NO4. The van der Waals surface area contributed by atoms with Gasteiger partial charge in [-0.05, 0) is 35.4 Å². The third-order valence-electron chi connectivity index (χ3n) is 3.30. The normalized spacial score (nSPS) is 10.3. The third-order valence-corrected chi connectivity index (χ3v) is 3.30. The summed E-state index contributed by atoms with van der Waals surface area (Å²) in [5, 5.41) is 18.5. The molecule has 2 aromatic rings. The molecule has 118 valence electrons. The molecule has 2 rings (SSSR count). The fourth-order valence-electron chi connectivity index (χ4n) is 2.14. The molecule has 0 saturated carbocycles. The van der Waals surface area contributed by atoms with Crippen molar-refractivity contribution in [3.63, 3.8) is 0 Å². The lowest BCUT2D eigenvalue weighted by molar-refractivity contribution is 0.324. The summed E-state index contributed by atoms with van der Waals surface area (Å²) < 4.78 is 15.9. The molecule has 0 aromatic heterocycles. The quantitative estimate of drug-likeness (QED) is 0.856. The van der Waals surface area contributed by atoms with E-state index in [-0.39, 0.29) is 11.3 Å². The molecule has 0 heterocycles. The average molecular weight is 311 g/mol. The maximum Gasteiger partial charge on any atom is 0.203 e. The summed E-state index contributed by atoms with van der Waals surface area (Å²) >= 11 is 0. The van der Waals surface area contributed by atoms with Crippen LogP contribution >= 0.6 is 0 Å². The van der Waals surface area contributed by atoms with Crippen molar-refractivity contribution in [2.24, 2.45) is 0 Å².